The zero-order valence-electron chi connectivity index (χ0n) is 12.8. The molecule has 1 N–H and O–H groups in total. The first kappa shape index (κ1) is 15.4. The first-order valence-electron chi connectivity index (χ1n) is 7.64. The van der Waals surface area contributed by atoms with Gasteiger partial charge in [-0.2, -0.15) is 0 Å². The summed E-state index contributed by atoms with van der Waals surface area (Å²) in [5.41, 5.74) is 1.41. The lowest BCUT2D eigenvalue weighted by Gasteiger charge is -2.12. The molecule has 0 saturated carbocycles. The first-order valence-corrected chi connectivity index (χ1v) is 8.62. The van der Waals surface area contributed by atoms with Crippen LogP contribution < -0.4 is 5.32 Å². The van der Waals surface area contributed by atoms with Crippen LogP contribution in [0.15, 0.2) is 35.3 Å². The van der Waals surface area contributed by atoms with Gasteiger partial charge in [-0.25, -0.2) is 0 Å². The molecule has 0 aliphatic carbocycles. The van der Waals surface area contributed by atoms with E-state index >= 15 is 0 Å². The Balaban J connectivity index is 1.74. The fourth-order valence-electron chi connectivity index (χ4n) is 2.53. The van der Waals surface area contributed by atoms with Gasteiger partial charge in [0.15, 0.2) is 5.17 Å². The second-order valence-electron chi connectivity index (χ2n) is 6.07. The molecule has 1 heterocycles. The normalized spacial score (nSPS) is 22.2. The second-order valence-corrected chi connectivity index (χ2v) is 7.08. The maximum absolute atomic E-state index is 4.71. The number of nitrogens with zero attached hydrogens (tertiary/aromatic N) is 1. The minimum atomic E-state index is 0.582. The van der Waals surface area contributed by atoms with E-state index in [0.29, 0.717) is 12.0 Å². The Morgan fingerprint density at radius 3 is 2.70 bits per heavy atom. The molecule has 110 valence electrons. The largest absolute Gasteiger partial charge is 0.361 e. The lowest BCUT2D eigenvalue weighted by molar-refractivity contribution is 0.502. The molecule has 2 atom stereocenters. The molecule has 2 nitrogen and oxygen atoms in total. The van der Waals surface area contributed by atoms with Crippen LogP contribution in [0.1, 0.15) is 45.1 Å². The molecule has 1 saturated heterocycles. The van der Waals surface area contributed by atoms with Crippen molar-refractivity contribution >= 4 is 16.9 Å². The summed E-state index contributed by atoms with van der Waals surface area (Å²) in [5, 5.41) is 4.70. The number of aliphatic imine (C=N–C) groups is 1. The van der Waals surface area contributed by atoms with Gasteiger partial charge in [-0.15, -0.1) is 0 Å². The molecular weight excluding hydrogens is 264 g/mol. The topological polar surface area (TPSA) is 24.4 Å². The smallest absolute Gasteiger partial charge is 0.156 e. The van der Waals surface area contributed by atoms with Gasteiger partial charge in [0.1, 0.15) is 0 Å². The van der Waals surface area contributed by atoms with E-state index in [1.807, 2.05) is 11.8 Å². The molecule has 2 rings (SSSR count). The molecule has 1 aromatic carbocycles. The molecule has 0 bridgehead atoms. The van der Waals surface area contributed by atoms with Gasteiger partial charge >= 0.3 is 0 Å². The number of benzene rings is 1. The third kappa shape index (κ3) is 4.86. The van der Waals surface area contributed by atoms with Crippen LogP contribution >= 0.6 is 11.8 Å². The van der Waals surface area contributed by atoms with Crippen molar-refractivity contribution in [2.24, 2.45) is 10.9 Å². The van der Waals surface area contributed by atoms with E-state index in [4.69, 9.17) is 4.99 Å². The van der Waals surface area contributed by atoms with E-state index in [0.717, 1.165) is 24.1 Å². The molecule has 0 amide bonds. The van der Waals surface area contributed by atoms with Crippen molar-refractivity contribution in [2.45, 2.75) is 45.6 Å². The molecule has 1 fully saturated rings. The van der Waals surface area contributed by atoms with Gasteiger partial charge in [0.05, 0.1) is 0 Å². The molecule has 2 unspecified atom stereocenters. The van der Waals surface area contributed by atoms with Gasteiger partial charge in [0.2, 0.25) is 0 Å². The highest BCUT2D eigenvalue weighted by Crippen LogP contribution is 2.21. The van der Waals surface area contributed by atoms with Gasteiger partial charge in [0, 0.05) is 18.3 Å². The average Bonchev–Trinajstić information content (AvgIpc) is 2.86. The van der Waals surface area contributed by atoms with Crippen LogP contribution in [0.2, 0.25) is 0 Å². The summed E-state index contributed by atoms with van der Waals surface area (Å²) in [7, 11) is 0. The molecule has 0 aromatic heterocycles. The number of hydrogen-bond acceptors (Lipinski definition) is 2. The van der Waals surface area contributed by atoms with E-state index in [1.54, 1.807) is 0 Å². The molecule has 1 aliphatic rings. The zero-order valence-corrected chi connectivity index (χ0v) is 13.6. The Bertz CT molecular complexity index is 428. The Morgan fingerprint density at radius 2 is 2.00 bits per heavy atom. The SMILES string of the molecule is CC(C)CC1CSC(=NCCC(C)c2ccccc2)N1. The molecule has 1 aliphatic heterocycles. The Kier molecular flexibility index (Phi) is 5.96. The highest BCUT2D eigenvalue weighted by atomic mass is 32.2. The Labute approximate surface area is 127 Å². The predicted molar refractivity (Wildman–Crippen MR) is 90.6 cm³/mol. The molecule has 20 heavy (non-hydrogen) atoms. The van der Waals surface area contributed by atoms with E-state index in [9.17, 15) is 0 Å². The van der Waals surface area contributed by atoms with Gasteiger partial charge in [0.25, 0.3) is 0 Å². The summed E-state index contributed by atoms with van der Waals surface area (Å²) in [5.74, 6) is 2.51. The van der Waals surface area contributed by atoms with Crippen LogP contribution in [0.4, 0.5) is 0 Å². The van der Waals surface area contributed by atoms with Crippen molar-refractivity contribution in [3.8, 4) is 0 Å². The van der Waals surface area contributed by atoms with Gasteiger partial charge in [-0.05, 0) is 30.2 Å². The van der Waals surface area contributed by atoms with Gasteiger partial charge < -0.3 is 5.32 Å². The van der Waals surface area contributed by atoms with E-state index in [-0.39, 0.29) is 0 Å². The number of amidine groups is 1. The highest BCUT2D eigenvalue weighted by molar-refractivity contribution is 8.14. The van der Waals surface area contributed by atoms with E-state index in [2.05, 4.69) is 56.4 Å². The second kappa shape index (κ2) is 7.72. The molecule has 3 heteroatoms. The minimum Gasteiger partial charge on any atom is -0.361 e. The third-order valence-corrected chi connectivity index (χ3v) is 4.78. The summed E-state index contributed by atoms with van der Waals surface area (Å²) in [6.07, 6.45) is 2.36. The summed E-state index contributed by atoms with van der Waals surface area (Å²) in [6.45, 7) is 7.76. The summed E-state index contributed by atoms with van der Waals surface area (Å²) < 4.78 is 0. The summed E-state index contributed by atoms with van der Waals surface area (Å²) >= 11 is 1.88. The lowest BCUT2D eigenvalue weighted by Crippen LogP contribution is -2.28. The van der Waals surface area contributed by atoms with Crippen molar-refractivity contribution < 1.29 is 0 Å². The Morgan fingerprint density at radius 1 is 1.25 bits per heavy atom. The first-order chi connectivity index (χ1) is 9.65. The minimum absolute atomic E-state index is 0.582. The predicted octanol–water partition coefficient (Wildman–Crippen LogP) is 4.29. The molecular formula is C17H26N2S. The van der Waals surface area contributed by atoms with Crippen molar-refractivity contribution in [3.63, 3.8) is 0 Å². The average molecular weight is 290 g/mol. The van der Waals surface area contributed by atoms with Crippen molar-refractivity contribution in [1.82, 2.24) is 5.32 Å². The quantitative estimate of drug-likeness (QED) is 0.845. The van der Waals surface area contributed by atoms with Crippen LogP contribution in [0.25, 0.3) is 0 Å². The van der Waals surface area contributed by atoms with Crippen LogP contribution in [0.5, 0.6) is 0 Å². The van der Waals surface area contributed by atoms with Crippen LogP contribution in [0.3, 0.4) is 0 Å². The van der Waals surface area contributed by atoms with Crippen LogP contribution in [-0.2, 0) is 0 Å². The van der Waals surface area contributed by atoms with Crippen molar-refractivity contribution in [1.29, 1.82) is 0 Å². The fourth-order valence-corrected chi connectivity index (χ4v) is 3.54. The zero-order chi connectivity index (χ0) is 14.4. The molecule has 0 spiro atoms. The number of thioether (sulfide) groups is 1. The van der Waals surface area contributed by atoms with E-state index in [1.165, 1.54) is 17.7 Å². The number of hydrogen-bond donors (Lipinski definition) is 1. The lowest BCUT2D eigenvalue weighted by atomic mass is 9.98. The summed E-state index contributed by atoms with van der Waals surface area (Å²) in [6, 6.07) is 11.3. The van der Waals surface area contributed by atoms with Gasteiger partial charge in [-0.1, -0.05) is 62.9 Å². The summed E-state index contributed by atoms with van der Waals surface area (Å²) in [4.78, 5) is 4.71. The molecule has 1 aromatic rings. The van der Waals surface area contributed by atoms with E-state index < -0.39 is 0 Å². The van der Waals surface area contributed by atoms with Crippen LogP contribution in [-0.4, -0.2) is 23.5 Å². The highest BCUT2D eigenvalue weighted by Gasteiger charge is 2.20. The number of rotatable bonds is 6. The number of nitrogens with one attached hydrogen (secondary N) is 1. The fraction of sp³-hybridized carbons (Fsp3) is 0.588. The maximum Gasteiger partial charge on any atom is 0.156 e. The van der Waals surface area contributed by atoms with Gasteiger partial charge in [-0.3, -0.25) is 4.99 Å². The molecule has 0 radical (unpaired) electrons. The van der Waals surface area contributed by atoms with Crippen molar-refractivity contribution in [2.75, 3.05) is 12.3 Å². The third-order valence-electron chi connectivity index (χ3n) is 3.69. The van der Waals surface area contributed by atoms with Crippen LogP contribution in [0, 0.1) is 5.92 Å². The monoisotopic (exact) mass is 290 g/mol. The standard InChI is InChI=1S/C17H26N2S/c1-13(2)11-16-12-20-17(19-16)18-10-9-14(3)15-7-5-4-6-8-15/h4-8,13-14,16H,9-12H2,1-3H3,(H,18,19). The van der Waals surface area contributed by atoms with Crippen molar-refractivity contribution in [3.05, 3.63) is 35.9 Å². The Hall–Kier alpha value is -0.960. The maximum atomic E-state index is 4.71.